The number of hydrogen-bond acceptors (Lipinski definition) is 0. The second kappa shape index (κ2) is 12.1. The van der Waals surface area contributed by atoms with Crippen molar-refractivity contribution in [1.82, 2.24) is 0 Å². The SMILES string of the molecule is CC.CC1=Cc2c(-c3ccccc3)cccc2C1C.CCC1C(C)=Cc2c(-c3ccccc3)cccc21. The standard InChI is InChI=1S/C18H18.C17H16.C2H6/c1-3-15-13(2)12-18-16(10-7-11-17(15)18)14-8-5-4-6-9-14;1-12-11-17-15(13(12)2)9-6-10-16(17)14-7-4-3-5-8-14;1-2/h4-12,15H,3H2,1-2H3;3-11,13H,1-2H3;1-2H3. The maximum absolute atomic E-state index is 2.37. The zero-order valence-corrected chi connectivity index (χ0v) is 23.3. The Balaban J connectivity index is 0.000000162. The summed E-state index contributed by atoms with van der Waals surface area (Å²) in [6, 6.07) is 34.6. The highest BCUT2D eigenvalue weighted by Crippen LogP contribution is 2.42. The van der Waals surface area contributed by atoms with Crippen molar-refractivity contribution in [2.75, 3.05) is 0 Å². The van der Waals surface area contributed by atoms with E-state index in [0.29, 0.717) is 11.8 Å². The van der Waals surface area contributed by atoms with Crippen molar-refractivity contribution < 1.29 is 0 Å². The first kappa shape index (κ1) is 26.4. The fraction of sp³-hybridized carbons (Fsp3) is 0.243. The molecule has 0 heteroatoms. The van der Waals surface area contributed by atoms with E-state index in [1.807, 2.05) is 13.8 Å². The first-order valence-electron chi connectivity index (χ1n) is 13.8. The van der Waals surface area contributed by atoms with Gasteiger partial charge in [0.2, 0.25) is 0 Å². The molecule has 6 rings (SSSR count). The van der Waals surface area contributed by atoms with Crippen LogP contribution in [-0.4, -0.2) is 0 Å². The van der Waals surface area contributed by atoms with Gasteiger partial charge < -0.3 is 0 Å². The Hall–Kier alpha value is -3.64. The third-order valence-electron chi connectivity index (χ3n) is 7.68. The Kier molecular flexibility index (Phi) is 8.62. The Bertz CT molecular complexity index is 1390. The van der Waals surface area contributed by atoms with Crippen LogP contribution in [0.3, 0.4) is 0 Å². The van der Waals surface area contributed by atoms with E-state index in [4.69, 9.17) is 0 Å². The maximum Gasteiger partial charge on any atom is 0.00522 e. The third kappa shape index (κ3) is 5.39. The molecule has 0 saturated carbocycles. The number of fused-ring (bicyclic) bond motifs is 2. The van der Waals surface area contributed by atoms with E-state index >= 15 is 0 Å². The summed E-state index contributed by atoms with van der Waals surface area (Å²) in [6.45, 7) is 13.0. The highest BCUT2D eigenvalue weighted by atomic mass is 14.3. The van der Waals surface area contributed by atoms with Gasteiger partial charge in [-0.05, 0) is 64.8 Å². The average Bonchev–Trinajstić information content (AvgIpc) is 3.45. The molecule has 2 aliphatic carbocycles. The van der Waals surface area contributed by atoms with Gasteiger partial charge in [0, 0.05) is 11.8 Å². The molecule has 0 N–H and O–H groups in total. The second-order valence-corrected chi connectivity index (χ2v) is 9.81. The summed E-state index contributed by atoms with van der Waals surface area (Å²) in [5, 5.41) is 0. The molecular formula is C37H40. The van der Waals surface area contributed by atoms with Crippen molar-refractivity contribution in [3.8, 4) is 22.3 Å². The summed E-state index contributed by atoms with van der Waals surface area (Å²) >= 11 is 0. The molecule has 4 aromatic carbocycles. The quantitative estimate of drug-likeness (QED) is 0.271. The monoisotopic (exact) mass is 484 g/mol. The van der Waals surface area contributed by atoms with Crippen LogP contribution in [0.25, 0.3) is 34.4 Å². The van der Waals surface area contributed by atoms with E-state index in [2.05, 4.69) is 137 Å². The van der Waals surface area contributed by atoms with Crippen molar-refractivity contribution >= 4 is 12.2 Å². The van der Waals surface area contributed by atoms with Gasteiger partial charge in [-0.3, -0.25) is 0 Å². The Morgan fingerprint density at radius 3 is 1.51 bits per heavy atom. The summed E-state index contributed by atoms with van der Waals surface area (Å²) in [5.41, 5.74) is 14.1. The molecule has 0 fully saturated rings. The van der Waals surface area contributed by atoms with Crippen molar-refractivity contribution in [3.63, 3.8) is 0 Å². The van der Waals surface area contributed by atoms with Crippen LogP contribution in [0.15, 0.2) is 108 Å². The van der Waals surface area contributed by atoms with E-state index in [1.165, 1.54) is 62.1 Å². The fourth-order valence-electron chi connectivity index (χ4n) is 5.62. The molecule has 2 unspecified atom stereocenters. The topological polar surface area (TPSA) is 0 Å². The molecule has 0 saturated heterocycles. The van der Waals surface area contributed by atoms with Crippen LogP contribution in [0.4, 0.5) is 0 Å². The zero-order valence-electron chi connectivity index (χ0n) is 23.3. The van der Waals surface area contributed by atoms with Gasteiger partial charge in [0.15, 0.2) is 0 Å². The first-order chi connectivity index (χ1) is 18.1. The van der Waals surface area contributed by atoms with Gasteiger partial charge in [0.1, 0.15) is 0 Å². The molecule has 37 heavy (non-hydrogen) atoms. The molecule has 188 valence electrons. The van der Waals surface area contributed by atoms with Gasteiger partial charge in [0.05, 0.1) is 0 Å². The molecular weight excluding hydrogens is 444 g/mol. The predicted molar refractivity (Wildman–Crippen MR) is 164 cm³/mol. The summed E-state index contributed by atoms with van der Waals surface area (Å²) in [5.74, 6) is 1.18. The van der Waals surface area contributed by atoms with Gasteiger partial charge in [-0.15, -0.1) is 0 Å². The number of allylic oxidation sites excluding steroid dienone is 2. The second-order valence-electron chi connectivity index (χ2n) is 9.81. The zero-order chi connectivity index (χ0) is 26.4. The average molecular weight is 485 g/mol. The predicted octanol–water partition coefficient (Wildman–Crippen LogP) is 11.2. The van der Waals surface area contributed by atoms with E-state index < -0.39 is 0 Å². The van der Waals surface area contributed by atoms with Gasteiger partial charge in [-0.25, -0.2) is 0 Å². The third-order valence-corrected chi connectivity index (χ3v) is 7.68. The van der Waals surface area contributed by atoms with Crippen LogP contribution in [0, 0.1) is 0 Å². The van der Waals surface area contributed by atoms with Crippen molar-refractivity contribution in [3.05, 3.63) is 130 Å². The molecule has 4 aromatic rings. The van der Waals surface area contributed by atoms with Gasteiger partial charge in [-0.2, -0.15) is 0 Å². The Labute approximate surface area is 224 Å². The summed E-state index contributed by atoms with van der Waals surface area (Å²) in [6.07, 6.45) is 5.89. The lowest BCUT2D eigenvalue weighted by Gasteiger charge is -2.13. The lowest BCUT2D eigenvalue weighted by atomic mass is 9.91. The van der Waals surface area contributed by atoms with Crippen molar-refractivity contribution in [1.29, 1.82) is 0 Å². The first-order valence-corrected chi connectivity index (χ1v) is 13.8. The lowest BCUT2D eigenvalue weighted by Crippen LogP contribution is -1.95. The van der Waals surface area contributed by atoms with E-state index in [1.54, 1.807) is 0 Å². The van der Waals surface area contributed by atoms with Crippen LogP contribution in [0.1, 0.15) is 82.1 Å². The minimum absolute atomic E-state index is 0.564. The van der Waals surface area contributed by atoms with Gasteiger partial charge in [0.25, 0.3) is 0 Å². The molecule has 2 aliphatic rings. The number of benzene rings is 4. The minimum atomic E-state index is 0.564. The largest absolute Gasteiger partial charge is 0.0683 e. The molecule has 2 atom stereocenters. The van der Waals surface area contributed by atoms with Crippen molar-refractivity contribution in [2.24, 2.45) is 0 Å². The van der Waals surface area contributed by atoms with Crippen LogP contribution < -0.4 is 0 Å². The van der Waals surface area contributed by atoms with Gasteiger partial charge in [-0.1, -0.05) is 148 Å². The molecule has 0 aliphatic heterocycles. The Morgan fingerprint density at radius 1 is 0.541 bits per heavy atom. The maximum atomic E-state index is 2.37. The number of hydrogen-bond donors (Lipinski definition) is 0. The molecule has 0 heterocycles. The fourth-order valence-corrected chi connectivity index (χ4v) is 5.62. The molecule has 0 radical (unpaired) electrons. The van der Waals surface area contributed by atoms with Crippen LogP contribution in [0.5, 0.6) is 0 Å². The van der Waals surface area contributed by atoms with E-state index in [-0.39, 0.29) is 0 Å². The molecule has 0 aromatic heterocycles. The highest BCUT2D eigenvalue weighted by Gasteiger charge is 2.23. The normalized spacial score (nSPS) is 16.8. The molecule has 0 amide bonds. The summed E-state index contributed by atoms with van der Waals surface area (Å²) in [4.78, 5) is 0. The minimum Gasteiger partial charge on any atom is -0.0683 e. The summed E-state index contributed by atoms with van der Waals surface area (Å²) in [7, 11) is 0. The molecule has 0 bridgehead atoms. The van der Waals surface area contributed by atoms with E-state index in [9.17, 15) is 0 Å². The summed E-state index contributed by atoms with van der Waals surface area (Å²) < 4.78 is 0. The van der Waals surface area contributed by atoms with Crippen LogP contribution in [-0.2, 0) is 0 Å². The smallest absolute Gasteiger partial charge is 0.00522 e. The highest BCUT2D eigenvalue weighted by molar-refractivity contribution is 5.82. The van der Waals surface area contributed by atoms with Gasteiger partial charge >= 0.3 is 0 Å². The number of rotatable bonds is 3. The van der Waals surface area contributed by atoms with Crippen molar-refractivity contribution in [2.45, 2.75) is 59.8 Å². The Morgan fingerprint density at radius 2 is 1.00 bits per heavy atom. The van der Waals surface area contributed by atoms with Crippen LogP contribution >= 0.6 is 0 Å². The lowest BCUT2D eigenvalue weighted by molar-refractivity contribution is 0.776. The molecule has 0 nitrogen and oxygen atoms in total. The van der Waals surface area contributed by atoms with Crippen LogP contribution in [0.2, 0.25) is 0 Å². The molecule has 0 spiro atoms. The van der Waals surface area contributed by atoms with E-state index in [0.717, 1.165) is 0 Å².